The number of hydrogen-bond donors (Lipinski definition) is 3. The van der Waals surface area contributed by atoms with Crippen LogP contribution in [0.2, 0.25) is 0 Å². The quantitative estimate of drug-likeness (QED) is 0.278. The first kappa shape index (κ1) is 21.7. The molecule has 0 spiro atoms. The molecule has 3 N–H and O–H groups in total. The van der Waals surface area contributed by atoms with Crippen LogP contribution >= 0.6 is 12.2 Å². The molecule has 0 saturated carbocycles. The summed E-state index contributed by atoms with van der Waals surface area (Å²) in [5.41, 5.74) is 1.49. The number of amides is 2. The van der Waals surface area contributed by atoms with E-state index in [1.165, 1.54) is 36.4 Å². The molecule has 0 saturated heterocycles. The van der Waals surface area contributed by atoms with Gasteiger partial charge in [0.15, 0.2) is 5.11 Å². The van der Waals surface area contributed by atoms with Crippen molar-refractivity contribution >= 4 is 46.6 Å². The van der Waals surface area contributed by atoms with Crippen molar-refractivity contribution in [2.75, 3.05) is 11.9 Å². The zero-order valence-corrected chi connectivity index (χ0v) is 16.5. The van der Waals surface area contributed by atoms with Gasteiger partial charge in [0.1, 0.15) is 0 Å². The highest BCUT2D eigenvalue weighted by Crippen LogP contribution is 2.15. The minimum Gasteiger partial charge on any atom is -0.352 e. The number of nitrogens with one attached hydrogen (secondary N) is 3. The summed E-state index contributed by atoms with van der Waals surface area (Å²) in [5, 5.41) is 18.8. The number of carbonyl (C=O) groups excluding carboxylic acids is 2. The van der Waals surface area contributed by atoms with Gasteiger partial charge < -0.3 is 10.6 Å². The van der Waals surface area contributed by atoms with Crippen molar-refractivity contribution in [1.82, 2.24) is 10.6 Å². The van der Waals surface area contributed by atoms with E-state index in [2.05, 4.69) is 16.0 Å². The second-order valence-corrected chi connectivity index (χ2v) is 6.34. The highest BCUT2D eigenvalue weighted by atomic mass is 32.1. The number of carbonyl (C=O) groups is 2. The number of anilines is 1. The first-order chi connectivity index (χ1) is 13.9. The Morgan fingerprint density at radius 2 is 1.83 bits per heavy atom. The van der Waals surface area contributed by atoms with Gasteiger partial charge in [-0.25, -0.2) is 0 Å². The number of thiocarbonyl (C=S) groups is 1. The van der Waals surface area contributed by atoms with E-state index in [-0.39, 0.29) is 16.7 Å². The van der Waals surface area contributed by atoms with Crippen LogP contribution in [0.15, 0.2) is 54.6 Å². The van der Waals surface area contributed by atoms with E-state index in [9.17, 15) is 19.7 Å². The molecule has 150 valence electrons. The third kappa shape index (κ3) is 6.82. The molecular formula is C20H20N4O4S. The summed E-state index contributed by atoms with van der Waals surface area (Å²) in [4.78, 5) is 34.4. The number of nitro benzene ring substituents is 1. The lowest BCUT2D eigenvalue weighted by Gasteiger charge is -2.12. The second kappa shape index (κ2) is 10.7. The second-order valence-electron chi connectivity index (χ2n) is 5.93. The van der Waals surface area contributed by atoms with E-state index in [0.717, 1.165) is 6.42 Å². The van der Waals surface area contributed by atoms with Gasteiger partial charge in [-0.3, -0.25) is 25.0 Å². The van der Waals surface area contributed by atoms with Crippen LogP contribution in [-0.2, 0) is 4.79 Å². The van der Waals surface area contributed by atoms with Crippen molar-refractivity contribution in [3.05, 3.63) is 75.8 Å². The Kier molecular flexibility index (Phi) is 7.99. The molecule has 2 amide bonds. The summed E-state index contributed by atoms with van der Waals surface area (Å²) in [7, 11) is 0. The molecule has 0 unspecified atom stereocenters. The van der Waals surface area contributed by atoms with Crippen molar-refractivity contribution in [2.24, 2.45) is 0 Å². The lowest BCUT2D eigenvalue weighted by molar-refractivity contribution is -0.384. The van der Waals surface area contributed by atoms with Crippen LogP contribution < -0.4 is 16.0 Å². The predicted octanol–water partition coefficient (Wildman–Crippen LogP) is 3.26. The predicted molar refractivity (Wildman–Crippen MR) is 116 cm³/mol. The fraction of sp³-hybridized carbons (Fsp3) is 0.150. The van der Waals surface area contributed by atoms with Crippen LogP contribution in [0, 0.1) is 10.1 Å². The molecule has 8 nitrogen and oxygen atoms in total. The SMILES string of the molecule is CCCNC(=O)c1ccccc1NC(=S)NC(=O)/C=C/c1ccc([N+](=O)[O-])cc1. The zero-order chi connectivity index (χ0) is 21.2. The standard InChI is InChI=1S/C20H20N4O4S/c1-2-13-21-19(26)16-5-3-4-6-17(16)22-20(29)23-18(25)12-9-14-7-10-15(11-8-14)24(27)28/h3-12H,2,13H2,1H3,(H,21,26)(H2,22,23,25,29)/b12-9+. The third-order valence-corrected chi connectivity index (χ3v) is 3.93. The van der Waals surface area contributed by atoms with Gasteiger partial charge in [-0.2, -0.15) is 0 Å². The summed E-state index contributed by atoms with van der Waals surface area (Å²) >= 11 is 5.14. The number of non-ortho nitro benzene ring substituents is 1. The Bertz CT molecular complexity index is 942. The normalized spacial score (nSPS) is 10.4. The minimum absolute atomic E-state index is 0.0291. The molecule has 2 rings (SSSR count). The molecule has 29 heavy (non-hydrogen) atoms. The molecule has 9 heteroatoms. The van der Waals surface area contributed by atoms with Crippen LogP contribution in [0.1, 0.15) is 29.3 Å². The maximum absolute atomic E-state index is 12.2. The van der Waals surface area contributed by atoms with Crippen molar-refractivity contribution in [2.45, 2.75) is 13.3 Å². The molecule has 0 aliphatic carbocycles. The Morgan fingerprint density at radius 3 is 2.48 bits per heavy atom. The molecular weight excluding hydrogens is 392 g/mol. The van der Waals surface area contributed by atoms with Gasteiger partial charge in [0.25, 0.3) is 11.6 Å². The highest BCUT2D eigenvalue weighted by Gasteiger charge is 2.12. The minimum atomic E-state index is -0.495. The van der Waals surface area contributed by atoms with E-state index in [1.807, 2.05) is 6.92 Å². The Hall–Kier alpha value is -3.59. The van der Waals surface area contributed by atoms with Crippen LogP contribution in [0.3, 0.4) is 0 Å². The molecule has 0 aliphatic rings. The summed E-state index contributed by atoms with van der Waals surface area (Å²) < 4.78 is 0. The van der Waals surface area contributed by atoms with Gasteiger partial charge in [0.05, 0.1) is 16.2 Å². The van der Waals surface area contributed by atoms with E-state index < -0.39 is 10.8 Å². The van der Waals surface area contributed by atoms with E-state index in [0.29, 0.717) is 23.4 Å². The van der Waals surface area contributed by atoms with E-state index in [4.69, 9.17) is 12.2 Å². The summed E-state index contributed by atoms with van der Waals surface area (Å²) in [6.07, 6.45) is 3.58. The average molecular weight is 412 g/mol. The van der Waals surface area contributed by atoms with Crippen molar-refractivity contribution in [3.8, 4) is 0 Å². The largest absolute Gasteiger partial charge is 0.352 e. The highest BCUT2D eigenvalue weighted by molar-refractivity contribution is 7.80. The fourth-order valence-corrected chi connectivity index (χ4v) is 2.52. The van der Waals surface area contributed by atoms with Crippen LogP contribution in [0.25, 0.3) is 6.08 Å². The van der Waals surface area contributed by atoms with Gasteiger partial charge in [-0.05, 0) is 54.5 Å². The van der Waals surface area contributed by atoms with Crippen LogP contribution in [0.4, 0.5) is 11.4 Å². The van der Waals surface area contributed by atoms with Crippen molar-refractivity contribution in [1.29, 1.82) is 0 Å². The van der Waals surface area contributed by atoms with E-state index >= 15 is 0 Å². The van der Waals surface area contributed by atoms with Gasteiger partial charge in [0.2, 0.25) is 5.91 Å². The smallest absolute Gasteiger partial charge is 0.269 e. The van der Waals surface area contributed by atoms with Gasteiger partial charge in [-0.1, -0.05) is 19.1 Å². The molecule has 0 atom stereocenters. The van der Waals surface area contributed by atoms with Crippen LogP contribution in [0.5, 0.6) is 0 Å². The average Bonchev–Trinajstić information content (AvgIpc) is 2.71. The first-order valence-corrected chi connectivity index (χ1v) is 9.23. The van der Waals surface area contributed by atoms with Gasteiger partial charge in [0, 0.05) is 24.8 Å². The summed E-state index contributed by atoms with van der Waals surface area (Å²) in [6, 6.07) is 12.6. The number of rotatable bonds is 7. The number of nitro groups is 1. The molecule has 0 aliphatic heterocycles. The maximum atomic E-state index is 12.2. The lowest BCUT2D eigenvalue weighted by Crippen LogP contribution is -2.34. The summed E-state index contributed by atoms with van der Waals surface area (Å²) in [6.45, 7) is 2.51. The van der Waals surface area contributed by atoms with Gasteiger partial charge >= 0.3 is 0 Å². The molecule has 0 heterocycles. The molecule has 0 aromatic heterocycles. The number of nitrogens with zero attached hydrogens (tertiary/aromatic N) is 1. The molecule has 0 radical (unpaired) electrons. The third-order valence-electron chi connectivity index (χ3n) is 3.72. The summed E-state index contributed by atoms with van der Waals surface area (Å²) in [5.74, 6) is -0.712. The van der Waals surface area contributed by atoms with Gasteiger partial charge in [-0.15, -0.1) is 0 Å². The Morgan fingerprint density at radius 1 is 1.14 bits per heavy atom. The topological polar surface area (TPSA) is 113 Å². The fourth-order valence-electron chi connectivity index (χ4n) is 2.31. The number of para-hydroxylation sites is 1. The Balaban J connectivity index is 1.96. The van der Waals surface area contributed by atoms with E-state index in [1.54, 1.807) is 24.3 Å². The first-order valence-electron chi connectivity index (χ1n) is 8.82. The van der Waals surface area contributed by atoms with Crippen molar-refractivity contribution < 1.29 is 14.5 Å². The Labute approximate surface area is 173 Å². The molecule has 2 aromatic rings. The van der Waals surface area contributed by atoms with Crippen molar-refractivity contribution in [3.63, 3.8) is 0 Å². The monoisotopic (exact) mass is 412 g/mol. The molecule has 2 aromatic carbocycles. The maximum Gasteiger partial charge on any atom is 0.269 e. The zero-order valence-electron chi connectivity index (χ0n) is 15.7. The number of benzene rings is 2. The van der Waals surface area contributed by atoms with Crippen LogP contribution in [-0.4, -0.2) is 28.4 Å². The lowest BCUT2D eigenvalue weighted by atomic mass is 10.1. The molecule has 0 bridgehead atoms. The number of hydrogen-bond acceptors (Lipinski definition) is 5. The molecule has 0 fully saturated rings.